The van der Waals surface area contributed by atoms with Gasteiger partial charge < -0.3 is 11.1 Å². The van der Waals surface area contributed by atoms with Gasteiger partial charge in [0.25, 0.3) is 0 Å². The largest absolute Gasteiger partial charge is 0.451 e. The number of aromatic nitrogens is 2. The lowest BCUT2D eigenvalue weighted by atomic mass is 10.1. The van der Waals surface area contributed by atoms with Gasteiger partial charge in [-0.3, -0.25) is 0 Å². The lowest BCUT2D eigenvalue weighted by Crippen LogP contribution is -2.24. The van der Waals surface area contributed by atoms with E-state index in [1.54, 1.807) is 0 Å². The number of hydrogen-bond acceptors (Lipinski definition) is 4. The molecular weight excluding hydrogens is 245 g/mol. The summed E-state index contributed by atoms with van der Waals surface area (Å²) in [6, 6.07) is 1.49. The molecule has 2 unspecified atom stereocenters. The molecule has 0 saturated heterocycles. The Morgan fingerprint density at radius 1 is 1.33 bits per heavy atom. The first-order chi connectivity index (χ1) is 8.36. The van der Waals surface area contributed by atoms with Crippen molar-refractivity contribution < 1.29 is 13.2 Å². The predicted molar refractivity (Wildman–Crippen MR) is 61.9 cm³/mol. The average molecular weight is 260 g/mol. The molecule has 1 aliphatic carbocycles. The number of nitrogens with one attached hydrogen (secondary N) is 1. The van der Waals surface area contributed by atoms with E-state index in [1.807, 2.05) is 0 Å². The number of nitrogen functional groups attached to an aromatic ring is 1. The molecule has 0 spiro atoms. The van der Waals surface area contributed by atoms with E-state index >= 15 is 0 Å². The molecule has 1 aliphatic rings. The van der Waals surface area contributed by atoms with Crippen LogP contribution in [0.5, 0.6) is 0 Å². The molecule has 0 radical (unpaired) electrons. The molecule has 0 bridgehead atoms. The maximum Gasteiger partial charge on any atom is 0.451 e. The number of anilines is 2. The minimum Gasteiger partial charge on any atom is -0.384 e. The molecule has 1 aromatic rings. The van der Waals surface area contributed by atoms with Gasteiger partial charge in [-0.25, -0.2) is 9.97 Å². The fourth-order valence-electron chi connectivity index (χ4n) is 2.22. The normalized spacial score (nSPS) is 24.2. The van der Waals surface area contributed by atoms with Crippen molar-refractivity contribution in [2.24, 2.45) is 5.92 Å². The van der Waals surface area contributed by atoms with Crippen LogP contribution in [-0.4, -0.2) is 16.0 Å². The number of hydrogen-bond donors (Lipinski definition) is 2. The summed E-state index contributed by atoms with van der Waals surface area (Å²) in [4.78, 5) is 6.68. The van der Waals surface area contributed by atoms with Crippen LogP contribution in [0.15, 0.2) is 6.07 Å². The summed E-state index contributed by atoms with van der Waals surface area (Å²) in [5.74, 6) is -0.801. The average Bonchev–Trinajstić information content (AvgIpc) is 2.62. The molecule has 2 atom stereocenters. The van der Waals surface area contributed by atoms with E-state index in [-0.39, 0.29) is 17.7 Å². The quantitative estimate of drug-likeness (QED) is 0.858. The van der Waals surface area contributed by atoms with Gasteiger partial charge in [-0.2, -0.15) is 13.2 Å². The first-order valence-electron chi connectivity index (χ1n) is 5.84. The van der Waals surface area contributed by atoms with Gasteiger partial charge in [-0.05, 0) is 18.8 Å². The Kier molecular flexibility index (Phi) is 3.32. The predicted octanol–water partition coefficient (Wildman–Crippen LogP) is 2.68. The monoisotopic (exact) mass is 260 g/mol. The zero-order chi connectivity index (χ0) is 13.3. The molecule has 1 fully saturated rings. The molecule has 0 aliphatic heterocycles. The van der Waals surface area contributed by atoms with Gasteiger partial charge in [0.05, 0.1) is 0 Å². The van der Waals surface area contributed by atoms with E-state index < -0.39 is 12.0 Å². The first kappa shape index (κ1) is 12.9. The van der Waals surface area contributed by atoms with E-state index in [0.29, 0.717) is 5.92 Å². The molecule has 2 rings (SSSR count). The number of alkyl halides is 3. The van der Waals surface area contributed by atoms with Crippen LogP contribution in [0.1, 0.15) is 32.0 Å². The SMILES string of the molecule is CC1CCCC1Nc1cc(N)nc(C(F)(F)F)n1. The maximum atomic E-state index is 12.5. The minimum atomic E-state index is -4.58. The van der Waals surface area contributed by atoms with Crippen LogP contribution in [0, 0.1) is 5.92 Å². The van der Waals surface area contributed by atoms with E-state index in [9.17, 15) is 13.2 Å². The second-order valence-corrected chi connectivity index (χ2v) is 4.66. The van der Waals surface area contributed by atoms with E-state index in [1.165, 1.54) is 6.07 Å². The summed E-state index contributed by atoms with van der Waals surface area (Å²) < 4.78 is 37.6. The second kappa shape index (κ2) is 4.62. The molecule has 1 saturated carbocycles. The van der Waals surface area contributed by atoms with Crippen molar-refractivity contribution >= 4 is 11.6 Å². The standard InChI is InChI=1S/C11H15F3N4/c1-6-3-2-4-7(6)16-9-5-8(15)17-10(18-9)11(12,13)14/h5-7H,2-4H2,1H3,(H3,15,16,17,18). The van der Waals surface area contributed by atoms with Crippen LogP contribution >= 0.6 is 0 Å². The highest BCUT2D eigenvalue weighted by molar-refractivity contribution is 5.45. The highest BCUT2D eigenvalue weighted by Crippen LogP contribution is 2.30. The van der Waals surface area contributed by atoms with Crippen molar-refractivity contribution in [2.45, 2.75) is 38.4 Å². The third-order valence-corrected chi connectivity index (χ3v) is 3.19. The van der Waals surface area contributed by atoms with Crippen molar-refractivity contribution in [1.29, 1.82) is 0 Å². The second-order valence-electron chi connectivity index (χ2n) is 4.66. The first-order valence-corrected chi connectivity index (χ1v) is 5.84. The van der Waals surface area contributed by atoms with Crippen molar-refractivity contribution in [3.8, 4) is 0 Å². The summed E-state index contributed by atoms with van der Waals surface area (Å²) in [7, 11) is 0. The molecule has 7 heteroatoms. The Bertz CT molecular complexity index is 433. The molecule has 4 nitrogen and oxygen atoms in total. The van der Waals surface area contributed by atoms with Crippen LogP contribution in [0.4, 0.5) is 24.8 Å². The Balaban J connectivity index is 2.20. The van der Waals surface area contributed by atoms with Gasteiger partial charge in [-0.1, -0.05) is 13.3 Å². The topological polar surface area (TPSA) is 63.8 Å². The van der Waals surface area contributed by atoms with E-state index in [2.05, 4.69) is 22.2 Å². The lowest BCUT2D eigenvalue weighted by molar-refractivity contribution is -0.144. The number of halogens is 3. The van der Waals surface area contributed by atoms with E-state index in [0.717, 1.165) is 19.3 Å². The van der Waals surface area contributed by atoms with Gasteiger partial charge >= 0.3 is 6.18 Å². The smallest absolute Gasteiger partial charge is 0.384 e. The molecule has 1 aromatic heterocycles. The van der Waals surface area contributed by atoms with Gasteiger partial charge in [0, 0.05) is 12.1 Å². The summed E-state index contributed by atoms with van der Waals surface area (Å²) in [6.07, 6.45) is -1.49. The zero-order valence-electron chi connectivity index (χ0n) is 9.96. The van der Waals surface area contributed by atoms with Crippen molar-refractivity contribution in [2.75, 3.05) is 11.1 Å². The fourth-order valence-corrected chi connectivity index (χ4v) is 2.22. The third-order valence-electron chi connectivity index (χ3n) is 3.19. The molecule has 0 amide bonds. The van der Waals surface area contributed by atoms with Crippen molar-refractivity contribution in [1.82, 2.24) is 9.97 Å². The van der Waals surface area contributed by atoms with E-state index in [4.69, 9.17) is 5.73 Å². The Morgan fingerprint density at radius 3 is 2.61 bits per heavy atom. The van der Waals surface area contributed by atoms with Gasteiger partial charge in [0.1, 0.15) is 11.6 Å². The van der Waals surface area contributed by atoms with Crippen LogP contribution < -0.4 is 11.1 Å². The Morgan fingerprint density at radius 2 is 2.06 bits per heavy atom. The van der Waals surface area contributed by atoms with Crippen LogP contribution in [0.3, 0.4) is 0 Å². The number of nitrogens with two attached hydrogens (primary N) is 1. The zero-order valence-corrected chi connectivity index (χ0v) is 9.96. The summed E-state index contributed by atoms with van der Waals surface area (Å²) >= 11 is 0. The third kappa shape index (κ3) is 2.83. The summed E-state index contributed by atoms with van der Waals surface area (Å²) in [5.41, 5.74) is 5.37. The highest BCUT2D eigenvalue weighted by atomic mass is 19.4. The molecular formula is C11H15F3N4. The Labute approximate surface area is 103 Å². The molecule has 1 heterocycles. The molecule has 100 valence electrons. The highest BCUT2D eigenvalue weighted by Gasteiger charge is 2.35. The fraction of sp³-hybridized carbons (Fsp3) is 0.636. The number of nitrogens with zero attached hydrogens (tertiary/aromatic N) is 2. The van der Waals surface area contributed by atoms with Crippen LogP contribution in [0.2, 0.25) is 0 Å². The Hall–Kier alpha value is -1.53. The van der Waals surface area contributed by atoms with Crippen molar-refractivity contribution in [3.05, 3.63) is 11.9 Å². The lowest BCUT2D eigenvalue weighted by Gasteiger charge is -2.18. The van der Waals surface area contributed by atoms with Gasteiger partial charge in [0.15, 0.2) is 0 Å². The molecule has 3 N–H and O–H groups in total. The van der Waals surface area contributed by atoms with Crippen molar-refractivity contribution in [3.63, 3.8) is 0 Å². The van der Waals surface area contributed by atoms with Crippen LogP contribution in [0.25, 0.3) is 0 Å². The summed E-state index contributed by atoms with van der Waals surface area (Å²) in [5, 5.41) is 3.01. The van der Waals surface area contributed by atoms with Crippen LogP contribution in [-0.2, 0) is 6.18 Å². The minimum absolute atomic E-state index is 0.147. The van der Waals surface area contributed by atoms with Gasteiger partial charge in [0.2, 0.25) is 5.82 Å². The van der Waals surface area contributed by atoms with Gasteiger partial charge in [-0.15, -0.1) is 0 Å². The maximum absolute atomic E-state index is 12.5. The number of rotatable bonds is 2. The molecule has 0 aromatic carbocycles. The summed E-state index contributed by atoms with van der Waals surface area (Å²) in [6.45, 7) is 2.07. The molecule has 18 heavy (non-hydrogen) atoms.